The summed E-state index contributed by atoms with van der Waals surface area (Å²) in [5.74, 6) is 0.847. The number of methoxy groups -OCH3 is 1. The summed E-state index contributed by atoms with van der Waals surface area (Å²) in [5, 5.41) is 6.67. The highest BCUT2D eigenvalue weighted by atomic mass is 32.1. The quantitative estimate of drug-likeness (QED) is 0.603. The van der Waals surface area contributed by atoms with E-state index >= 15 is 0 Å². The Morgan fingerprint density at radius 1 is 1.09 bits per heavy atom. The van der Waals surface area contributed by atoms with Crippen molar-refractivity contribution in [2.45, 2.75) is 33.5 Å². The van der Waals surface area contributed by atoms with Crippen molar-refractivity contribution in [3.8, 4) is 0 Å². The van der Waals surface area contributed by atoms with Crippen LogP contribution in [0.5, 0.6) is 0 Å². The summed E-state index contributed by atoms with van der Waals surface area (Å²) < 4.78 is 5.13. The Morgan fingerprint density at radius 3 is 2.43 bits per heavy atom. The molecule has 0 fully saturated rings. The minimum atomic E-state index is 0.647. The van der Waals surface area contributed by atoms with Gasteiger partial charge in [0.05, 0.1) is 19.7 Å². The van der Waals surface area contributed by atoms with Gasteiger partial charge in [-0.15, -0.1) is 11.3 Å². The van der Waals surface area contributed by atoms with Gasteiger partial charge in [-0.3, -0.25) is 0 Å². The van der Waals surface area contributed by atoms with Crippen LogP contribution in [0.3, 0.4) is 0 Å². The normalized spacial score (nSPS) is 11.5. The minimum absolute atomic E-state index is 0.647. The van der Waals surface area contributed by atoms with E-state index in [4.69, 9.17) is 4.74 Å². The third-order valence-electron chi connectivity index (χ3n) is 3.32. The zero-order valence-corrected chi connectivity index (χ0v) is 14.9. The molecule has 0 unspecified atom stereocenters. The van der Waals surface area contributed by atoms with Gasteiger partial charge in [-0.25, -0.2) is 4.99 Å². The van der Waals surface area contributed by atoms with Crippen LogP contribution in [0, 0.1) is 6.92 Å². The first-order chi connectivity index (χ1) is 11.2. The van der Waals surface area contributed by atoms with Gasteiger partial charge < -0.3 is 15.4 Å². The van der Waals surface area contributed by atoms with Crippen LogP contribution in [0.4, 0.5) is 0 Å². The van der Waals surface area contributed by atoms with E-state index in [-0.39, 0.29) is 0 Å². The molecule has 1 aromatic carbocycles. The number of benzene rings is 1. The van der Waals surface area contributed by atoms with Crippen LogP contribution >= 0.6 is 11.3 Å². The average Bonchev–Trinajstić information content (AvgIpc) is 2.97. The summed E-state index contributed by atoms with van der Waals surface area (Å²) in [4.78, 5) is 7.30. The number of ether oxygens (including phenoxy) is 1. The molecule has 1 aromatic heterocycles. The monoisotopic (exact) mass is 331 g/mol. The topological polar surface area (TPSA) is 45.7 Å². The number of guanidine groups is 1. The zero-order valence-electron chi connectivity index (χ0n) is 14.1. The van der Waals surface area contributed by atoms with Gasteiger partial charge in [0.25, 0.3) is 0 Å². The molecular formula is C18H25N3OS. The average molecular weight is 331 g/mol. The Labute approximate surface area is 142 Å². The lowest BCUT2D eigenvalue weighted by molar-refractivity contribution is 0.185. The van der Waals surface area contributed by atoms with Crippen LogP contribution in [0.2, 0.25) is 0 Å². The smallest absolute Gasteiger partial charge is 0.191 e. The van der Waals surface area contributed by atoms with Crippen molar-refractivity contribution < 1.29 is 4.74 Å². The van der Waals surface area contributed by atoms with Crippen LogP contribution in [0.15, 0.2) is 41.4 Å². The molecule has 0 amide bonds. The van der Waals surface area contributed by atoms with Crippen molar-refractivity contribution in [3.63, 3.8) is 0 Å². The van der Waals surface area contributed by atoms with Gasteiger partial charge in [0.1, 0.15) is 0 Å². The number of rotatable bonds is 7. The van der Waals surface area contributed by atoms with Crippen molar-refractivity contribution >= 4 is 17.3 Å². The van der Waals surface area contributed by atoms with Crippen LogP contribution in [0.25, 0.3) is 0 Å². The molecule has 2 aromatic rings. The number of aliphatic imine (C=N–C) groups is 1. The molecule has 0 atom stereocenters. The lowest BCUT2D eigenvalue weighted by Gasteiger charge is -2.10. The van der Waals surface area contributed by atoms with E-state index in [0.717, 1.165) is 19.0 Å². The number of hydrogen-bond acceptors (Lipinski definition) is 3. The zero-order chi connectivity index (χ0) is 16.5. The predicted octanol–water partition coefficient (Wildman–Crippen LogP) is 3.46. The van der Waals surface area contributed by atoms with E-state index in [1.54, 1.807) is 7.11 Å². The van der Waals surface area contributed by atoms with E-state index < -0.39 is 0 Å². The molecule has 0 aliphatic heterocycles. The number of aryl methyl sites for hydroxylation is 1. The molecule has 5 heteroatoms. The second kappa shape index (κ2) is 9.33. The summed E-state index contributed by atoms with van der Waals surface area (Å²) in [6.45, 7) is 7.16. The van der Waals surface area contributed by atoms with E-state index in [1.165, 1.54) is 20.9 Å². The summed E-state index contributed by atoms with van der Waals surface area (Å²) in [5.41, 5.74) is 2.37. The van der Waals surface area contributed by atoms with E-state index in [2.05, 4.69) is 65.9 Å². The van der Waals surface area contributed by atoms with Crippen molar-refractivity contribution in [3.05, 3.63) is 57.3 Å². The van der Waals surface area contributed by atoms with Crippen molar-refractivity contribution in [2.24, 2.45) is 4.99 Å². The molecule has 124 valence electrons. The molecular weight excluding hydrogens is 306 g/mol. The largest absolute Gasteiger partial charge is 0.380 e. The first-order valence-electron chi connectivity index (χ1n) is 7.85. The molecule has 0 saturated carbocycles. The van der Waals surface area contributed by atoms with Crippen molar-refractivity contribution in [1.29, 1.82) is 0 Å². The molecule has 2 rings (SSSR count). The SMILES string of the molecule is CCNC(=NCc1ccc(COC)cc1)NCc1ccc(C)s1. The Kier molecular flexibility index (Phi) is 7.10. The standard InChI is InChI=1S/C18H25N3OS/c1-4-19-18(21-12-17-10-5-14(2)23-17)20-11-15-6-8-16(9-7-15)13-22-3/h5-10H,4,11-13H2,1-3H3,(H2,19,20,21). The minimum Gasteiger partial charge on any atom is -0.380 e. The third kappa shape index (κ3) is 6.04. The van der Waals surface area contributed by atoms with E-state index in [0.29, 0.717) is 13.2 Å². The fraction of sp³-hybridized carbons (Fsp3) is 0.389. The molecule has 0 aliphatic carbocycles. The summed E-state index contributed by atoms with van der Waals surface area (Å²) in [7, 11) is 1.71. The molecule has 1 heterocycles. The predicted molar refractivity (Wildman–Crippen MR) is 97.9 cm³/mol. The van der Waals surface area contributed by atoms with Gasteiger partial charge >= 0.3 is 0 Å². The number of hydrogen-bond donors (Lipinski definition) is 2. The number of nitrogens with zero attached hydrogens (tertiary/aromatic N) is 1. The van der Waals surface area contributed by atoms with E-state index in [1.807, 2.05) is 11.3 Å². The summed E-state index contributed by atoms with van der Waals surface area (Å²) in [6.07, 6.45) is 0. The molecule has 4 nitrogen and oxygen atoms in total. The molecule has 0 aliphatic rings. The number of nitrogens with one attached hydrogen (secondary N) is 2. The first kappa shape index (κ1) is 17.5. The highest BCUT2D eigenvalue weighted by molar-refractivity contribution is 7.11. The van der Waals surface area contributed by atoms with E-state index in [9.17, 15) is 0 Å². The maximum absolute atomic E-state index is 5.13. The second-order valence-corrected chi connectivity index (χ2v) is 6.68. The fourth-order valence-electron chi connectivity index (χ4n) is 2.17. The fourth-order valence-corrected chi connectivity index (χ4v) is 3.00. The van der Waals surface area contributed by atoms with Crippen LogP contribution < -0.4 is 10.6 Å². The van der Waals surface area contributed by atoms with Gasteiger partial charge in [-0.05, 0) is 37.1 Å². The maximum atomic E-state index is 5.13. The molecule has 0 spiro atoms. The number of thiophene rings is 1. The van der Waals surface area contributed by atoms with Crippen molar-refractivity contribution in [2.75, 3.05) is 13.7 Å². The lowest BCUT2D eigenvalue weighted by Crippen LogP contribution is -2.36. The van der Waals surface area contributed by atoms with Gasteiger partial charge in [0.2, 0.25) is 0 Å². The van der Waals surface area contributed by atoms with Gasteiger partial charge in [-0.1, -0.05) is 24.3 Å². The van der Waals surface area contributed by atoms with Crippen molar-refractivity contribution in [1.82, 2.24) is 10.6 Å². The third-order valence-corrected chi connectivity index (χ3v) is 4.32. The highest BCUT2D eigenvalue weighted by Gasteiger charge is 2.01. The van der Waals surface area contributed by atoms with Gasteiger partial charge in [0, 0.05) is 23.4 Å². The summed E-state index contributed by atoms with van der Waals surface area (Å²) >= 11 is 1.81. The Morgan fingerprint density at radius 2 is 1.83 bits per heavy atom. The highest BCUT2D eigenvalue weighted by Crippen LogP contribution is 2.14. The molecule has 0 bridgehead atoms. The Balaban J connectivity index is 1.91. The second-order valence-electron chi connectivity index (χ2n) is 5.31. The Hall–Kier alpha value is -1.85. The Bertz CT molecular complexity index is 619. The van der Waals surface area contributed by atoms with Crippen LogP contribution in [-0.4, -0.2) is 19.6 Å². The molecule has 0 saturated heterocycles. The van der Waals surface area contributed by atoms with Crippen LogP contribution in [-0.2, 0) is 24.4 Å². The van der Waals surface area contributed by atoms with Crippen LogP contribution in [0.1, 0.15) is 27.8 Å². The molecule has 2 N–H and O–H groups in total. The molecule has 0 radical (unpaired) electrons. The first-order valence-corrected chi connectivity index (χ1v) is 8.67. The summed E-state index contributed by atoms with van der Waals surface area (Å²) in [6, 6.07) is 12.7. The lowest BCUT2D eigenvalue weighted by atomic mass is 10.1. The molecule has 23 heavy (non-hydrogen) atoms. The van der Waals surface area contributed by atoms with Gasteiger partial charge in [0.15, 0.2) is 5.96 Å². The maximum Gasteiger partial charge on any atom is 0.191 e. The van der Waals surface area contributed by atoms with Gasteiger partial charge in [-0.2, -0.15) is 0 Å².